The summed E-state index contributed by atoms with van der Waals surface area (Å²) < 4.78 is 19.4. The number of hydrogen-bond acceptors (Lipinski definition) is 5. The van der Waals surface area contributed by atoms with Crippen LogP contribution in [0.1, 0.15) is 37.4 Å². The molecule has 1 aliphatic carbocycles. The molecule has 7 heteroatoms. The van der Waals surface area contributed by atoms with Gasteiger partial charge in [0.15, 0.2) is 0 Å². The molecule has 0 bridgehead atoms. The fourth-order valence-corrected chi connectivity index (χ4v) is 4.22. The van der Waals surface area contributed by atoms with Crippen LogP contribution >= 0.6 is 0 Å². The number of fused-ring (bicyclic) bond motifs is 1. The van der Waals surface area contributed by atoms with Gasteiger partial charge in [-0.15, -0.1) is 0 Å². The number of halogens is 1. The van der Waals surface area contributed by atoms with Crippen LogP contribution in [0.4, 0.5) is 10.3 Å². The molecule has 6 nitrogen and oxygen atoms in total. The van der Waals surface area contributed by atoms with Gasteiger partial charge in [0.05, 0.1) is 17.8 Å². The summed E-state index contributed by atoms with van der Waals surface area (Å²) in [4.78, 5) is 26.4. The molecule has 2 atom stereocenters. The maximum absolute atomic E-state index is 13.3. The van der Waals surface area contributed by atoms with E-state index in [4.69, 9.17) is 14.7 Å². The SMILES string of the molecule is CC1CC1C(=O)N1CCc2nc(N3CCCC3)nc(Oc3ccc(F)cc3)c2C1. The van der Waals surface area contributed by atoms with E-state index >= 15 is 0 Å². The molecular weight excluding hydrogens is 371 g/mol. The molecule has 2 fully saturated rings. The molecule has 2 unspecified atom stereocenters. The third-order valence-electron chi connectivity index (χ3n) is 6.17. The van der Waals surface area contributed by atoms with E-state index < -0.39 is 0 Å². The first-order valence-electron chi connectivity index (χ1n) is 10.5. The molecule has 1 aromatic carbocycles. The first-order chi connectivity index (χ1) is 14.1. The summed E-state index contributed by atoms with van der Waals surface area (Å²) >= 11 is 0. The molecule has 152 valence electrons. The Labute approximate surface area is 169 Å². The molecule has 0 spiro atoms. The van der Waals surface area contributed by atoms with Gasteiger partial charge in [-0.2, -0.15) is 4.98 Å². The van der Waals surface area contributed by atoms with Crippen molar-refractivity contribution in [2.75, 3.05) is 24.5 Å². The Hall–Kier alpha value is -2.70. The van der Waals surface area contributed by atoms with Crippen LogP contribution in [0.3, 0.4) is 0 Å². The molecular formula is C22H25FN4O2. The number of aromatic nitrogens is 2. The van der Waals surface area contributed by atoms with Crippen LogP contribution in [0.5, 0.6) is 11.6 Å². The van der Waals surface area contributed by atoms with E-state index in [0.717, 1.165) is 43.6 Å². The van der Waals surface area contributed by atoms with Gasteiger partial charge in [-0.25, -0.2) is 9.37 Å². The highest BCUT2D eigenvalue weighted by Gasteiger charge is 2.42. The van der Waals surface area contributed by atoms with Crippen molar-refractivity contribution in [1.82, 2.24) is 14.9 Å². The van der Waals surface area contributed by atoms with E-state index in [1.54, 1.807) is 12.1 Å². The highest BCUT2D eigenvalue weighted by Crippen LogP contribution is 2.41. The Morgan fingerprint density at radius 3 is 2.55 bits per heavy atom. The van der Waals surface area contributed by atoms with Gasteiger partial charge >= 0.3 is 0 Å². The smallest absolute Gasteiger partial charge is 0.229 e. The summed E-state index contributed by atoms with van der Waals surface area (Å²) in [6, 6.07) is 5.93. The second kappa shape index (κ2) is 7.28. The van der Waals surface area contributed by atoms with Crippen LogP contribution in [0.2, 0.25) is 0 Å². The van der Waals surface area contributed by atoms with Crippen molar-refractivity contribution in [2.45, 2.75) is 39.2 Å². The van der Waals surface area contributed by atoms with Crippen LogP contribution in [0.15, 0.2) is 24.3 Å². The molecule has 0 radical (unpaired) electrons. The first-order valence-corrected chi connectivity index (χ1v) is 10.5. The van der Waals surface area contributed by atoms with Crippen molar-refractivity contribution in [3.63, 3.8) is 0 Å². The number of ether oxygens (including phenoxy) is 1. The second-order valence-corrected chi connectivity index (χ2v) is 8.33. The summed E-state index contributed by atoms with van der Waals surface area (Å²) in [5.74, 6) is 2.24. The highest BCUT2D eigenvalue weighted by atomic mass is 19.1. The Balaban J connectivity index is 1.47. The lowest BCUT2D eigenvalue weighted by molar-refractivity contribution is -0.133. The van der Waals surface area contributed by atoms with Crippen molar-refractivity contribution in [2.24, 2.45) is 11.8 Å². The number of anilines is 1. The molecule has 29 heavy (non-hydrogen) atoms. The lowest BCUT2D eigenvalue weighted by Gasteiger charge is -2.30. The van der Waals surface area contributed by atoms with Crippen molar-refractivity contribution < 1.29 is 13.9 Å². The minimum atomic E-state index is -0.310. The van der Waals surface area contributed by atoms with Gasteiger partial charge in [-0.3, -0.25) is 4.79 Å². The predicted octanol–water partition coefficient (Wildman–Crippen LogP) is 3.55. The summed E-state index contributed by atoms with van der Waals surface area (Å²) in [5, 5.41) is 0. The van der Waals surface area contributed by atoms with E-state index in [1.165, 1.54) is 12.1 Å². The van der Waals surface area contributed by atoms with Gasteiger partial charge in [-0.1, -0.05) is 6.92 Å². The first kappa shape index (κ1) is 18.3. The molecule has 1 saturated heterocycles. The standard InChI is InChI=1S/C22H25FN4O2/c1-14-12-17(14)21(28)27-11-8-19-18(13-27)20(29-16-6-4-15(23)5-7-16)25-22(24-19)26-9-2-3-10-26/h4-7,14,17H,2-3,8-13H2,1H3. The summed E-state index contributed by atoms with van der Waals surface area (Å²) in [7, 11) is 0. The normalized spacial score (nSPS) is 23.1. The molecule has 5 rings (SSSR count). The van der Waals surface area contributed by atoms with E-state index in [-0.39, 0.29) is 17.6 Å². The monoisotopic (exact) mass is 396 g/mol. The number of carbonyl (C=O) groups excluding carboxylic acids is 1. The fraction of sp³-hybridized carbons (Fsp3) is 0.500. The molecule has 0 N–H and O–H groups in total. The zero-order chi connectivity index (χ0) is 20.0. The van der Waals surface area contributed by atoms with Gasteiger partial charge < -0.3 is 14.5 Å². The Morgan fingerprint density at radius 2 is 1.86 bits per heavy atom. The Kier molecular flexibility index (Phi) is 4.60. The quantitative estimate of drug-likeness (QED) is 0.791. The Morgan fingerprint density at radius 1 is 1.14 bits per heavy atom. The van der Waals surface area contributed by atoms with Crippen LogP contribution in [-0.2, 0) is 17.8 Å². The highest BCUT2D eigenvalue weighted by molar-refractivity contribution is 5.82. The van der Waals surface area contributed by atoms with E-state index in [1.807, 2.05) is 4.90 Å². The number of hydrogen-bond donors (Lipinski definition) is 0. The lowest BCUT2D eigenvalue weighted by Crippen LogP contribution is -2.38. The van der Waals surface area contributed by atoms with Crippen LogP contribution in [0, 0.1) is 17.7 Å². The van der Waals surface area contributed by atoms with Crippen LogP contribution in [0.25, 0.3) is 0 Å². The van der Waals surface area contributed by atoms with E-state index in [0.29, 0.717) is 43.0 Å². The lowest BCUT2D eigenvalue weighted by atomic mass is 10.1. The predicted molar refractivity (Wildman–Crippen MR) is 106 cm³/mol. The largest absolute Gasteiger partial charge is 0.438 e. The van der Waals surface area contributed by atoms with Crippen LogP contribution < -0.4 is 9.64 Å². The number of amides is 1. The molecule has 1 saturated carbocycles. The zero-order valence-corrected chi connectivity index (χ0v) is 16.6. The van der Waals surface area contributed by atoms with Crippen molar-refractivity contribution in [3.8, 4) is 11.6 Å². The molecule has 3 heterocycles. The van der Waals surface area contributed by atoms with E-state index in [9.17, 15) is 9.18 Å². The van der Waals surface area contributed by atoms with Gasteiger partial charge in [0.2, 0.25) is 17.7 Å². The average Bonchev–Trinajstić information content (AvgIpc) is 3.22. The summed E-state index contributed by atoms with van der Waals surface area (Å²) in [6.07, 6.45) is 3.95. The minimum Gasteiger partial charge on any atom is -0.438 e. The number of rotatable bonds is 4. The van der Waals surface area contributed by atoms with Crippen molar-refractivity contribution in [1.29, 1.82) is 0 Å². The summed E-state index contributed by atoms with van der Waals surface area (Å²) in [6.45, 7) is 5.16. The molecule has 1 aromatic heterocycles. The van der Waals surface area contributed by atoms with Crippen LogP contribution in [-0.4, -0.2) is 40.4 Å². The number of carbonyl (C=O) groups is 1. The third kappa shape index (κ3) is 3.66. The van der Waals surface area contributed by atoms with Gasteiger partial charge in [-0.05, 0) is 49.4 Å². The maximum atomic E-state index is 13.3. The molecule has 3 aliphatic rings. The van der Waals surface area contributed by atoms with Crippen molar-refractivity contribution in [3.05, 3.63) is 41.3 Å². The molecule has 2 aliphatic heterocycles. The molecule has 2 aromatic rings. The van der Waals surface area contributed by atoms with E-state index in [2.05, 4.69) is 11.8 Å². The maximum Gasteiger partial charge on any atom is 0.229 e. The number of benzene rings is 1. The number of nitrogens with zero attached hydrogens (tertiary/aromatic N) is 4. The molecule has 1 amide bonds. The van der Waals surface area contributed by atoms with Gasteiger partial charge in [0.25, 0.3) is 0 Å². The van der Waals surface area contributed by atoms with Gasteiger partial charge in [0, 0.05) is 32.0 Å². The summed E-state index contributed by atoms with van der Waals surface area (Å²) in [5.41, 5.74) is 1.82. The topological polar surface area (TPSA) is 58.6 Å². The second-order valence-electron chi connectivity index (χ2n) is 8.33. The van der Waals surface area contributed by atoms with Gasteiger partial charge in [0.1, 0.15) is 11.6 Å². The Bertz CT molecular complexity index is 927. The fourth-order valence-electron chi connectivity index (χ4n) is 4.22. The third-order valence-corrected chi connectivity index (χ3v) is 6.17. The minimum absolute atomic E-state index is 0.155. The zero-order valence-electron chi connectivity index (χ0n) is 16.6. The van der Waals surface area contributed by atoms with Crippen molar-refractivity contribution >= 4 is 11.9 Å². The average molecular weight is 396 g/mol.